The van der Waals surface area contributed by atoms with E-state index in [9.17, 15) is 0 Å². The van der Waals surface area contributed by atoms with Crippen molar-refractivity contribution in [1.82, 2.24) is 20.3 Å². The summed E-state index contributed by atoms with van der Waals surface area (Å²) in [7, 11) is 0. The molecule has 0 radical (unpaired) electrons. The van der Waals surface area contributed by atoms with Crippen LogP contribution in [0.25, 0.3) is 11.6 Å². The Labute approximate surface area is 96.1 Å². The Morgan fingerprint density at radius 1 is 1.41 bits per heavy atom. The molecule has 2 aromatic heterocycles. The summed E-state index contributed by atoms with van der Waals surface area (Å²) in [6.45, 7) is 1.56. The fourth-order valence-electron chi connectivity index (χ4n) is 1.56. The number of nitrogens with zero attached hydrogens (tertiary/aromatic N) is 3. The Hall–Kier alpha value is -1.93. The van der Waals surface area contributed by atoms with Crippen LogP contribution < -0.4 is 5.73 Å². The Morgan fingerprint density at radius 2 is 2.35 bits per heavy atom. The number of ether oxygens (including phenoxy) is 2. The van der Waals surface area contributed by atoms with Gasteiger partial charge in [0.25, 0.3) is 5.89 Å². The number of hydrogen-bond donors (Lipinski definition) is 2. The van der Waals surface area contributed by atoms with E-state index < -0.39 is 0 Å². The van der Waals surface area contributed by atoms with Gasteiger partial charge in [0.2, 0.25) is 5.82 Å². The summed E-state index contributed by atoms with van der Waals surface area (Å²) in [5.74, 6) is 1.17. The maximum Gasteiger partial charge on any atom is 0.276 e. The second-order valence-electron chi connectivity index (χ2n) is 3.60. The third-order valence-electron chi connectivity index (χ3n) is 2.37. The summed E-state index contributed by atoms with van der Waals surface area (Å²) >= 11 is 0. The van der Waals surface area contributed by atoms with E-state index >= 15 is 0 Å². The van der Waals surface area contributed by atoms with Crippen molar-refractivity contribution in [3.8, 4) is 11.6 Å². The largest absolute Gasteiger partial charge is 0.382 e. The van der Waals surface area contributed by atoms with Crippen LogP contribution in [0.15, 0.2) is 10.6 Å². The fraction of sp³-hybridized carbons (Fsp3) is 0.444. The predicted molar refractivity (Wildman–Crippen MR) is 55.8 cm³/mol. The van der Waals surface area contributed by atoms with Crippen LogP contribution in [0.1, 0.15) is 11.9 Å². The SMILES string of the molecule is Nc1cc(-c2nc(C3COCCO3)no2)[nH]n1. The quantitative estimate of drug-likeness (QED) is 0.763. The lowest BCUT2D eigenvalue weighted by atomic mass is 10.3. The van der Waals surface area contributed by atoms with Gasteiger partial charge in [0.15, 0.2) is 0 Å². The second-order valence-corrected chi connectivity index (χ2v) is 3.60. The highest BCUT2D eigenvalue weighted by Crippen LogP contribution is 2.22. The summed E-state index contributed by atoms with van der Waals surface area (Å²) in [5.41, 5.74) is 6.07. The molecule has 2 aromatic rings. The van der Waals surface area contributed by atoms with E-state index in [4.69, 9.17) is 19.7 Å². The molecule has 0 aliphatic carbocycles. The Morgan fingerprint density at radius 3 is 3.06 bits per heavy atom. The standard InChI is InChI=1S/C9H11N5O3/c10-7-3-5(12-13-7)9-11-8(14-17-9)6-4-15-1-2-16-6/h3,6H,1-2,4H2,(H3,10,12,13). The van der Waals surface area contributed by atoms with Crippen molar-refractivity contribution in [2.24, 2.45) is 0 Å². The average molecular weight is 237 g/mol. The molecule has 0 amide bonds. The number of hydrogen-bond acceptors (Lipinski definition) is 7. The zero-order valence-corrected chi connectivity index (χ0v) is 8.92. The van der Waals surface area contributed by atoms with E-state index in [1.54, 1.807) is 6.07 Å². The molecule has 3 rings (SSSR count). The molecule has 8 heteroatoms. The van der Waals surface area contributed by atoms with E-state index in [1.165, 1.54) is 0 Å². The summed E-state index contributed by atoms with van der Waals surface area (Å²) in [6, 6.07) is 1.62. The minimum Gasteiger partial charge on any atom is -0.382 e. The van der Waals surface area contributed by atoms with Crippen LogP contribution in [0.5, 0.6) is 0 Å². The van der Waals surface area contributed by atoms with Crippen molar-refractivity contribution < 1.29 is 14.0 Å². The molecule has 1 aliphatic heterocycles. The number of nitrogens with one attached hydrogen (secondary N) is 1. The van der Waals surface area contributed by atoms with E-state index in [-0.39, 0.29) is 6.10 Å². The van der Waals surface area contributed by atoms with E-state index in [0.717, 1.165) is 0 Å². The number of rotatable bonds is 2. The van der Waals surface area contributed by atoms with Gasteiger partial charge >= 0.3 is 0 Å². The monoisotopic (exact) mass is 237 g/mol. The maximum absolute atomic E-state index is 5.49. The molecule has 3 heterocycles. The van der Waals surface area contributed by atoms with Gasteiger partial charge < -0.3 is 19.7 Å². The summed E-state index contributed by atoms with van der Waals surface area (Å²) in [5, 5.41) is 10.3. The third-order valence-corrected chi connectivity index (χ3v) is 2.37. The topological polar surface area (TPSA) is 112 Å². The van der Waals surface area contributed by atoms with Gasteiger partial charge in [0.1, 0.15) is 17.6 Å². The van der Waals surface area contributed by atoms with E-state index in [1.807, 2.05) is 0 Å². The average Bonchev–Trinajstić information content (AvgIpc) is 2.98. The van der Waals surface area contributed by atoms with Crippen molar-refractivity contribution in [2.45, 2.75) is 6.10 Å². The summed E-state index contributed by atoms with van der Waals surface area (Å²) in [4.78, 5) is 4.21. The molecule has 0 spiro atoms. The van der Waals surface area contributed by atoms with Crippen LogP contribution in [0.4, 0.5) is 5.82 Å². The molecule has 1 aliphatic rings. The normalized spacial score (nSPS) is 20.6. The molecule has 1 saturated heterocycles. The first-order chi connectivity index (χ1) is 8.33. The van der Waals surface area contributed by atoms with Crippen LogP contribution in [0, 0.1) is 0 Å². The highest BCUT2D eigenvalue weighted by atomic mass is 16.6. The van der Waals surface area contributed by atoms with Gasteiger partial charge in [-0.1, -0.05) is 5.16 Å². The molecule has 3 N–H and O–H groups in total. The van der Waals surface area contributed by atoms with Gasteiger partial charge in [-0.05, 0) is 0 Å². The highest BCUT2D eigenvalue weighted by Gasteiger charge is 2.23. The third kappa shape index (κ3) is 1.99. The maximum atomic E-state index is 5.49. The van der Waals surface area contributed by atoms with Gasteiger partial charge in [-0.2, -0.15) is 10.1 Å². The molecular weight excluding hydrogens is 226 g/mol. The van der Waals surface area contributed by atoms with E-state index in [0.29, 0.717) is 43.0 Å². The molecule has 0 aromatic carbocycles. The van der Waals surface area contributed by atoms with Crippen molar-refractivity contribution >= 4 is 5.82 Å². The highest BCUT2D eigenvalue weighted by molar-refractivity contribution is 5.51. The number of nitrogens with two attached hydrogens (primary N) is 1. The zero-order chi connectivity index (χ0) is 11.7. The van der Waals surface area contributed by atoms with Gasteiger partial charge in [-0.25, -0.2) is 0 Å². The zero-order valence-electron chi connectivity index (χ0n) is 8.92. The van der Waals surface area contributed by atoms with Crippen molar-refractivity contribution in [2.75, 3.05) is 25.6 Å². The molecule has 1 unspecified atom stereocenters. The van der Waals surface area contributed by atoms with Crippen LogP contribution in [0.3, 0.4) is 0 Å². The molecular formula is C9H11N5O3. The van der Waals surface area contributed by atoms with Crippen LogP contribution >= 0.6 is 0 Å². The number of aromatic amines is 1. The molecule has 1 atom stereocenters. The van der Waals surface area contributed by atoms with Crippen LogP contribution in [0.2, 0.25) is 0 Å². The van der Waals surface area contributed by atoms with Gasteiger partial charge in [0, 0.05) is 6.07 Å². The van der Waals surface area contributed by atoms with Crippen molar-refractivity contribution in [3.63, 3.8) is 0 Å². The Balaban J connectivity index is 1.82. The Bertz CT molecular complexity index is 502. The molecule has 17 heavy (non-hydrogen) atoms. The lowest BCUT2D eigenvalue weighted by molar-refractivity contribution is -0.0941. The minimum absolute atomic E-state index is 0.276. The van der Waals surface area contributed by atoms with Gasteiger partial charge in [0.05, 0.1) is 19.8 Å². The van der Waals surface area contributed by atoms with Gasteiger partial charge in [-0.15, -0.1) is 0 Å². The first-order valence-corrected chi connectivity index (χ1v) is 5.17. The molecule has 90 valence electrons. The first-order valence-electron chi connectivity index (χ1n) is 5.17. The summed E-state index contributed by atoms with van der Waals surface area (Å²) < 4.78 is 15.8. The number of H-pyrrole nitrogens is 1. The number of nitrogen functional groups attached to an aromatic ring is 1. The first kappa shape index (κ1) is 10.2. The smallest absolute Gasteiger partial charge is 0.276 e. The second kappa shape index (κ2) is 4.15. The van der Waals surface area contributed by atoms with Crippen molar-refractivity contribution in [1.29, 1.82) is 0 Å². The number of aromatic nitrogens is 4. The molecule has 8 nitrogen and oxygen atoms in total. The summed E-state index contributed by atoms with van der Waals surface area (Å²) in [6.07, 6.45) is -0.276. The van der Waals surface area contributed by atoms with Crippen LogP contribution in [-0.2, 0) is 9.47 Å². The predicted octanol–water partition coefficient (Wildman–Crippen LogP) is 0.130. The molecule has 0 saturated carbocycles. The van der Waals surface area contributed by atoms with Crippen LogP contribution in [-0.4, -0.2) is 40.2 Å². The molecule has 1 fully saturated rings. The van der Waals surface area contributed by atoms with Crippen molar-refractivity contribution in [3.05, 3.63) is 11.9 Å². The number of anilines is 1. The van der Waals surface area contributed by atoms with E-state index in [2.05, 4.69) is 20.3 Å². The fourth-order valence-corrected chi connectivity index (χ4v) is 1.56. The minimum atomic E-state index is -0.276. The Kier molecular flexibility index (Phi) is 2.50. The lowest BCUT2D eigenvalue weighted by Gasteiger charge is -2.19. The lowest BCUT2D eigenvalue weighted by Crippen LogP contribution is -2.22. The molecule has 0 bridgehead atoms. The van der Waals surface area contributed by atoms with Gasteiger partial charge in [-0.3, -0.25) is 5.10 Å².